The van der Waals surface area contributed by atoms with Crippen molar-refractivity contribution in [3.8, 4) is 0 Å². The third-order valence-electron chi connectivity index (χ3n) is 7.83. The highest BCUT2D eigenvalue weighted by molar-refractivity contribution is 6.11. The van der Waals surface area contributed by atoms with Gasteiger partial charge in [-0.1, -0.05) is 53.6 Å². The van der Waals surface area contributed by atoms with E-state index < -0.39 is 0 Å². The molecule has 4 aromatic carbocycles. The maximum atomic E-state index is 5.62. The lowest BCUT2D eigenvalue weighted by molar-refractivity contribution is 0.123. The van der Waals surface area contributed by atoms with E-state index in [9.17, 15) is 0 Å². The van der Waals surface area contributed by atoms with E-state index in [0.29, 0.717) is 0 Å². The number of morpholine rings is 1. The van der Waals surface area contributed by atoms with E-state index in [2.05, 4.69) is 96.2 Å². The topological polar surface area (TPSA) is 17.4 Å². The van der Waals surface area contributed by atoms with E-state index in [1.807, 2.05) is 0 Å². The standard InChI is InChI=1S/C32H30N2O/c1-21-7-12-29-27(19-21)28-20-23(10-13-30(28)33(29)2)32(22-8-9-22)26-11-14-31(34-15-17-35-18-16-34)25-6-4-3-5-24(25)26/h3-7,10-14,19-20H,8-9,15-18H2,1-2H3. The molecule has 3 heteroatoms. The number of aromatic nitrogens is 1. The fraction of sp³-hybridized carbons (Fsp3) is 0.250. The summed E-state index contributed by atoms with van der Waals surface area (Å²) >= 11 is 0. The lowest BCUT2D eigenvalue weighted by Crippen LogP contribution is -2.36. The molecule has 0 radical (unpaired) electrons. The van der Waals surface area contributed by atoms with Crippen molar-refractivity contribution >= 4 is 43.8 Å². The number of rotatable bonds is 3. The van der Waals surface area contributed by atoms with Crippen molar-refractivity contribution in [1.82, 2.24) is 4.57 Å². The molecule has 1 saturated carbocycles. The quantitative estimate of drug-likeness (QED) is 0.284. The first-order valence-electron chi connectivity index (χ1n) is 12.7. The van der Waals surface area contributed by atoms with Gasteiger partial charge in [0.1, 0.15) is 0 Å². The van der Waals surface area contributed by atoms with Crippen LogP contribution in [0.1, 0.15) is 29.5 Å². The summed E-state index contributed by atoms with van der Waals surface area (Å²) in [4.78, 5) is 2.48. The molecule has 0 unspecified atom stereocenters. The molecule has 2 aliphatic rings. The second-order valence-electron chi connectivity index (χ2n) is 10.1. The molecule has 1 aromatic heterocycles. The number of benzene rings is 4. The van der Waals surface area contributed by atoms with Gasteiger partial charge >= 0.3 is 0 Å². The first-order valence-corrected chi connectivity index (χ1v) is 12.7. The highest BCUT2D eigenvalue weighted by Gasteiger charge is 2.24. The van der Waals surface area contributed by atoms with Crippen LogP contribution in [0.3, 0.4) is 0 Å². The molecular formula is C32H30N2O. The molecule has 2 fully saturated rings. The van der Waals surface area contributed by atoms with Crippen LogP contribution in [-0.2, 0) is 11.8 Å². The molecule has 5 aromatic rings. The molecule has 1 saturated heterocycles. The van der Waals surface area contributed by atoms with Gasteiger partial charge in [-0.2, -0.15) is 0 Å². The molecule has 0 bridgehead atoms. The Morgan fingerprint density at radius 2 is 1.46 bits per heavy atom. The van der Waals surface area contributed by atoms with Crippen molar-refractivity contribution < 1.29 is 4.74 Å². The summed E-state index contributed by atoms with van der Waals surface area (Å²) in [7, 11) is 2.18. The molecule has 0 atom stereocenters. The van der Waals surface area contributed by atoms with Crippen LogP contribution in [0.4, 0.5) is 5.69 Å². The number of hydrogen-bond donors (Lipinski definition) is 0. The van der Waals surface area contributed by atoms with Crippen molar-refractivity contribution in [1.29, 1.82) is 0 Å². The second-order valence-corrected chi connectivity index (χ2v) is 10.1. The molecule has 174 valence electrons. The van der Waals surface area contributed by atoms with Crippen molar-refractivity contribution in [3.63, 3.8) is 0 Å². The Labute approximate surface area is 206 Å². The lowest BCUT2D eigenvalue weighted by Gasteiger charge is -2.30. The minimum absolute atomic E-state index is 0.801. The molecule has 7 rings (SSSR count). The lowest BCUT2D eigenvalue weighted by atomic mass is 9.90. The number of anilines is 1. The van der Waals surface area contributed by atoms with Gasteiger partial charge in [0.2, 0.25) is 0 Å². The average molecular weight is 459 g/mol. The molecule has 35 heavy (non-hydrogen) atoms. The van der Waals surface area contributed by atoms with Crippen molar-refractivity contribution in [2.24, 2.45) is 7.05 Å². The summed E-state index contributed by atoms with van der Waals surface area (Å²) in [5, 5.41) is 5.38. The average Bonchev–Trinajstić information content (AvgIpc) is 3.70. The van der Waals surface area contributed by atoms with Crippen molar-refractivity contribution in [2.75, 3.05) is 31.2 Å². The zero-order valence-electron chi connectivity index (χ0n) is 20.5. The Morgan fingerprint density at radius 3 is 2.23 bits per heavy atom. The van der Waals surface area contributed by atoms with Gasteiger partial charge in [0.05, 0.1) is 13.2 Å². The first-order chi connectivity index (χ1) is 17.2. The molecule has 2 heterocycles. The van der Waals surface area contributed by atoms with Gasteiger partial charge in [0.25, 0.3) is 0 Å². The van der Waals surface area contributed by atoms with E-state index in [4.69, 9.17) is 4.74 Å². The third-order valence-corrected chi connectivity index (χ3v) is 7.83. The largest absolute Gasteiger partial charge is 0.378 e. The van der Waals surface area contributed by atoms with E-state index in [-0.39, 0.29) is 0 Å². The summed E-state index contributed by atoms with van der Waals surface area (Å²) < 4.78 is 7.94. The summed E-state index contributed by atoms with van der Waals surface area (Å²) in [6.45, 7) is 5.69. The van der Waals surface area contributed by atoms with E-state index >= 15 is 0 Å². The summed E-state index contributed by atoms with van der Waals surface area (Å²) in [6, 6.07) is 27.5. The predicted molar refractivity (Wildman–Crippen MR) is 147 cm³/mol. The van der Waals surface area contributed by atoms with Gasteiger partial charge in [-0.15, -0.1) is 0 Å². The number of allylic oxidation sites excluding steroid dienone is 1. The highest BCUT2D eigenvalue weighted by atomic mass is 16.5. The van der Waals surface area contributed by atoms with E-state index in [1.165, 1.54) is 73.4 Å². The van der Waals surface area contributed by atoms with Crippen LogP contribution in [0.2, 0.25) is 0 Å². The van der Waals surface area contributed by atoms with Crippen LogP contribution in [0.25, 0.3) is 38.2 Å². The SMILES string of the molecule is Cc1ccc2c(c1)c1cc(C(=C3CC3)c3ccc(N4CCOCC4)c4ccccc34)ccc1n2C. The monoisotopic (exact) mass is 458 g/mol. The predicted octanol–water partition coefficient (Wildman–Crippen LogP) is 7.23. The first kappa shape index (κ1) is 20.8. The van der Waals surface area contributed by atoms with Gasteiger partial charge in [-0.05, 0) is 72.2 Å². The zero-order chi connectivity index (χ0) is 23.5. The molecule has 0 N–H and O–H groups in total. The van der Waals surface area contributed by atoms with Crippen LogP contribution >= 0.6 is 0 Å². The Kier molecular flexibility index (Phi) is 4.75. The van der Waals surface area contributed by atoms with Gasteiger partial charge in [0.15, 0.2) is 0 Å². The minimum Gasteiger partial charge on any atom is -0.378 e. The van der Waals surface area contributed by atoms with Crippen LogP contribution in [0.15, 0.2) is 78.4 Å². The van der Waals surface area contributed by atoms with Gasteiger partial charge in [-0.3, -0.25) is 0 Å². The molecule has 3 nitrogen and oxygen atoms in total. The van der Waals surface area contributed by atoms with Crippen LogP contribution < -0.4 is 4.90 Å². The Balaban J connectivity index is 1.43. The number of nitrogens with zero attached hydrogens (tertiary/aromatic N) is 2. The summed E-state index contributed by atoms with van der Waals surface area (Å²) in [5.41, 5.74) is 10.9. The number of fused-ring (bicyclic) bond motifs is 4. The third kappa shape index (κ3) is 3.37. The number of ether oxygens (including phenoxy) is 1. The Bertz CT molecular complexity index is 1640. The van der Waals surface area contributed by atoms with Crippen molar-refractivity contribution in [3.05, 3.63) is 95.1 Å². The van der Waals surface area contributed by atoms with E-state index in [1.54, 1.807) is 5.57 Å². The van der Waals surface area contributed by atoms with E-state index in [0.717, 1.165) is 26.3 Å². The number of aryl methyl sites for hydroxylation is 2. The minimum atomic E-state index is 0.801. The van der Waals surface area contributed by atoms with Crippen LogP contribution in [0, 0.1) is 6.92 Å². The molecule has 0 amide bonds. The second kappa shape index (κ2) is 8.00. The highest BCUT2D eigenvalue weighted by Crippen LogP contribution is 2.44. The van der Waals surface area contributed by atoms with Gasteiger partial charge in [0, 0.05) is 53.0 Å². The normalized spacial score (nSPS) is 15.9. The molecule has 1 aliphatic heterocycles. The zero-order valence-corrected chi connectivity index (χ0v) is 20.5. The molecule has 0 spiro atoms. The van der Waals surface area contributed by atoms with Crippen LogP contribution in [0.5, 0.6) is 0 Å². The fourth-order valence-corrected chi connectivity index (χ4v) is 5.93. The van der Waals surface area contributed by atoms with Gasteiger partial charge < -0.3 is 14.2 Å². The number of hydrogen-bond acceptors (Lipinski definition) is 2. The Hall–Kier alpha value is -3.56. The fourth-order valence-electron chi connectivity index (χ4n) is 5.93. The van der Waals surface area contributed by atoms with Crippen LogP contribution in [-0.4, -0.2) is 30.9 Å². The maximum absolute atomic E-state index is 5.62. The maximum Gasteiger partial charge on any atom is 0.0642 e. The smallest absolute Gasteiger partial charge is 0.0642 e. The van der Waals surface area contributed by atoms with Gasteiger partial charge in [-0.25, -0.2) is 0 Å². The summed E-state index contributed by atoms with van der Waals surface area (Å²) in [5.74, 6) is 0. The Morgan fingerprint density at radius 1 is 0.743 bits per heavy atom. The molecular weight excluding hydrogens is 428 g/mol. The van der Waals surface area contributed by atoms with Crippen molar-refractivity contribution in [2.45, 2.75) is 19.8 Å². The molecule has 1 aliphatic carbocycles. The summed E-state index contributed by atoms with van der Waals surface area (Å²) in [6.07, 6.45) is 2.39.